The van der Waals surface area contributed by atoms with E-state index in [1.165, 1.54) is 0 Å². The highest BCUT2D eigenvalue weighted by Crippen LogP contribution is 2.29. The lowest BCUT2D eigenvalue weighted by atomic mass is 10.1. The van der Waals surface area contributed by atoms with Crippen molar-refractivity contribution in [2.45, 2.75) is 17.5 Å². The van der Waals surface area contributed by atoms with Crippen molar-refractivity contribution in [3.8, 4) is 0 Å². The van der Waals surface area contributed by atoms with Crippen LogP contribution in [0, 0.1) is 0 Å². The number of hydrogen-bond donors (Lipinski definition) is 0. The van der Waals surface area contributed by atoms with E-state index in [9.17, 15) is 21.6 Å². The van der Waals surface area contributed by atoms with Gasteiger partial charge in [0.2, 0.25) is 0 Å². The van der Waals surface area contributed by atoms with E-state index in [2.05, 4.69) is 15.9 Å². The topological polar surface area (TPSA) is 34.1 Å². The summed E-state index contributed by atoms with van der Waals surface area (Å²) in [6, 6.07) is 3.20. The molecule has 0 fully saturated rings. The van der Waals surface area contributed by atoms with Crippen molar-refractivity contribution >= 4 is 35.7 Å². The van der Waals surface area contributed by atoms with Crippen LogP contribution in [0.2, 0.25) is 0 Å². The van der Waals surface area contributed by atoms with Gasteiger partial charge in [-0.1, -0.05) is 6.07 Å². The highest BCUT2D eigenvalue weighted by atomic mass is 79.9. The minimum Gasteiger partial charge on any atom is -0.207 e. The molecule has 1 rings (SSSR count). The second-order valence-corrected chi connectivity index (χ2v) is 6.38. The normalized spacial score (nSPS) is 12.8. The molecule has 0 amide bonds. The van der Waals surface area contributed by atoms with E-state index in [4.69, 9.17) is 10.7 Å². The summed E-state index contributed by atoms with van der Waals surface area (Å²) in [4.78, 5) is -0.250. The van der Waals surface area contributed by atoms with Crippen LogP contribution in [0.25, 0.3) is 0 Å². The Balaban J connectivity index is 3.10. The maximum Gasteiger partial charge on any atom is 0.393 e. The molecule has 0 aliphatic heterocycles. The van der Waals surface area contributed by atoms with Crippen LogP contribution in [0.1, 0.15) is 5.56 Å². The van der Waals surface area contributed by atoms with Crippen LogP contribution >= 0.6 is 26.6 Å². The molecule has 8 heteroatoms. The van der Waals surface area contributed by atoms with Crippen molar-refractivity contribution in [3.63, 3.8) is 0 Å². The van der Waals surface area contributed by atoms with Gasteiger partial charge in [0.25, 0.3) is 9.05 Å². The van der Waals surface area contributed by atoms with Crippen molar-refractivity contribution in [2.24, 2.45) is 0 Å². The second kappa shape index (κ2) is 4.54. The zero-order chi connectivity index (χ0) is 12.6. The molecule has 1 aromatic rings. The molecular formula is C8H5BrClF3O2S. The molecule has 0 radical (unpaired) electrons. The van der Waals surface area contributed by atoms with Crippen molar-refractivity contribution in [2.75, 3.05) is 0 Å². The summed E-state index contributed by atoms with van der Waals surface area (Å²) >= 11 is 2.86. The minimum absolute atomic E-state index is 0.0178. The molecule has 0 unspecified atom stereocenters. The average Bonchev–Trinajstić information content (AvgIpc) is 1.97. The van der Waals surface area contributed by atoms with Gasteiger partial charge >= 0.3 is 6.18 Å². The Morgan fingerprint density at radius 1 is 1.31 bits per heavy atom. The first-order valence-corrected chi connectivity index (χ1v) is 7.00. The number of rotatable bonds is 2. The third kappa shape index (κ3) is 3.95. The number of alkyl halides is 3. The Morgan fingerprint density at radius 3 is 2.25 bits per heavy atom. The smallest absolute Gasteiger partial charge is 0.207 e. The van der Waals surface area contributed by atoms with E-state index in [0.717, 1.165) is 18.2 Å². The fraction of sp³-hybridized carbons (Fsp3) is 0.250. The largest absolute Gasteiger partial charge is 0.393 e. The summed E-state index contributed by atoms with van der Waals surface area (Å²) in [6.07, 6.45) is -5.45. The zero-order valence-corrected chi connectivity index (χ0v) is 10.7. The molecule has 1 aromatic carbocycles. The lowest BCUT2D eigenvalue weighted by Crippen LogP contribution is -2.11. The first-order valence-electron chi connectivity index (χ1n) is 3.89. The second-order valence-electron chi connectivity index (χ2n) is 2.99. The SMILES string of the molecule is O=S(=O)(Cl)c1ccc(CC(F)(F)F)cc1Br. The van der Waals surface area contributed by atoms with Crippen molar-refractivity contribution in [3.05, 3.63) is 28.2 Å². The fourth-order valence-corrected chi connectivity index (χ4v) is 3.35. The minimum atomic E-state index is -4.33. The summed E-state index contributed by atoms with van der Waals surface area (Å²) in [5.74, 6) is 0. The summed E-state index contributed by atoms with van der Waals surface area (Å²) in [5.41, 5.74) is -0.0385. The van der Waals surface area contributed by atoms with Crippen LogP contribution in [-0.2, 0) is 15.5 Å². The van der Waals surface area contributed by atoms with E-state index in [-0.39, 0.29) is 14.9 Å². The molecule has 16 heavy (non-hydrogen) atoms. The van der Waals surface area contributed by atoms with Crippen molar-refractivity contribution < 1.29 is 21.6 Å². The summed E-state index contributed by atoms with van der Waals surface area (Å²) < 4.78 is 58.1. The lowest BCUT2D eigenvalue weighted by Gasteiger charge is -2.07. The van der Waals surface area contributed by atoms with E-state index >= 15 is 0 Å². The molecule has 0 heterocycles. The Bertz CT molecular complexity index is 498. The first-order chi connectivity index (χ1) is 7.09. The third-order valence-corrected chi connectivity index (χ3v) is 3.96. The van der Waals surface area contributed by atoms with Gasteiger partial charge in [-0.2, -0.15) is 13.2 Å². The van der Waals surface area contributed by atoms with Crippen LogP contribution in [0.3, 0.4) is 0 Å². The van der Waals surface area contributed by atoms with Gasteiger partial charge in [-0.25, -0.2) is 8.42 Å². The van der Waals surface area contributed by atoms with Gasteiger partial charge in [-0.05, 0) is 33.6 Å². The van der Waals surface area contributed by atoms with Gasteiger partial charge in [0.1, 0.15) is 0 Å². The van der Waals surface area contributed by atoms with Gasteiger partial charge in [-0.3, -0.25) is 0 Å². The number of hydrogen-bond acceptors (Lipinski definition) is 2. The van der Waals surface area contributed by atoms with Crippen LogP contribution < -0.4 is 0 Å². The van der Waals surface area contributed by atoms with Gasteiger partial charge in [0.05, 0.1) is 11.3 Å². The molecule has 0 N–H and O–H groups in total. The molecule has 90 valence electrons. The van der Waals surface area contributed by atoms with Crippen LogP contribution in [0.5, 0.6) is 0 Å². The standard InChI is InChI=1S/C8H5BrClF3O2S/c9-6-3-5(4-8(11,12)13)1-2-7(6)16(10,14)15/h1-3H,4H2. The van der Waals surface area contributed by atoms with Gasteiger partial charge in [0, 0.05) is 15.2 Å². The molecule has 0 aromatic heterocycles. The van der Waals surface area contributed by atoms with E-state index in [1.54, 1.807) is 0 Å². The summed E-state index contributed by atoms with van der Waals surface area (Å²) in [5, 5.41) is 0. The quantitative estimate of drug-likeness (QED) is 0.774. The average molecular weight is 338 g/mol. The Morgan fingerprint density at radius 2 is 1.88 bits per heavy atom. The Hall–Kier alpha value is -0.270. The third-order valence-electron chi connectivity index (χ3n) is 1.66. The summed E-state index contributed by atoms with van der Waals surface area (Å²) in [7, 11) is 1.12. The molecule has 0 saturated heterocycles. The highest BCUT2D eigenvalue weighted by Gasteiger charge is 2.28. The van der Waals surface area contributed by atoms with E-state index in [1.807, 2.05) is 0 Å². The summed E-state index contributed by atoms with van der Waals surface area (Å²) in [6.45, 7) is 0. The fourth-order valence-electron chi connectivity index (χ4n) is 1.08. The van der Waals surface area contributed by atoms with Crippen LogP contribution in [0.15, 0.2) is 27.6 Å². The van der Waals surface area contributed by atoms with E-state index in [0.29, 0.717) is 0 Å². The van der Waals surface area contributed by atoms with E-state index < -0.39 is 21.6 Å². The highest BCUT2D eigenvalue weighted by molar-refractivity contribution is 9.10. The maximum absolute atomic E-state index is 12.0. The van der Waals surface area contributed by atoms with Crippen LogP contribution in [-0.4, -0.2) is 14.6 Å². The molecule has 0 atom stereocenters. The zero-order valence-electron chi connectivity index (χ0n) is 7.55. The van der Waals surface area contributed by atoms with Crippen molar-refractivity contribution in [1.29, 1.82) is 0 Å². The molecule has 0 spiro atoms. The van der Waals surface area contributed by atoms with Gasteiger partial charge in [0.15, 0.2) is 0 Å². The maximum atomic E-state index is 12.0. The molecule has 0 bridgehead atoms. The van der Waals surface area contributed by atoms with Crippen molar-refractivity contribution in [1.82, 2.24) is 0 Å². The number of benzene rings is 1. The number of halogens is 5. The Kier molecular flexibility index (Phi) is 3.91. The molecule has 2 nitrogen and oxygen atoms in total. The first kappa shape index (κ1) is 13.8. The van der Waals surface area contributed by atoms with Crippen LogP contribution in [0.4, 0.5) is 13.2 Å². The lowest BCUT2D eigenvalue weighted by molar-refractivity contribution is -0.127. The van der Waals surface area contributed by atoms with Gasteiger partial charge < -0.3 is 0 Å². The molecule has 0 aliphatic carbocycles. The van der Waals surface area contributed by atoms with Gasteiger partial charge in [-0.15, -0.1) is 0 Å². The predicted molar refractivity (Wildman–Crippen MR) is 56.9 cm³/mol. The predicted octanol–water partition coefficient (Wildman–Crippen LogP) is 3.48. The molecule has 0 aliphatic rings. The molecule has 0 saturated carbocycles. The monoisotopic (exact) mass is 336 g/mol. The Labute approximate surface area is 103 Å². The molecular weight excluding hydrogens is 333 g/mol.